The number of sulfonamides is 1. The zero-order valence-corrected chi connectivity index (χ0v) is 12.3. The Labute approximate surface area is 114 Å². The zero-order valence-electron chi connectivity index (χ0n) is 9.15. The molecule has 94 valence electrons. The molecule has 0 radical (unpaired) electrons. The van der Waals surface area contributed by atoms with Crippen molar-refractivity contribution in [3.05, 3.63) is 21.9 Å². The van der Waals surface area contributed by atoms with Gasteiger partial charge in [-0.3, -0.25) is 0 Å². The maximum absolute atomic E-state index is 12.1. The van der Waals surface area contributed by atoms with E-state index in [4.69, 9.17) is 11.6 Å². The van der Waals surface area contributed by atoms with E-state index in [2.05, 4.69) is 25.6 Å². The predicted octanol–water partition coefficient (Wildman–Crippen LogP) is 2.57. The molecule has 1 aromatic heterocycles. The van der Waals surface area contributed by atoms with Gasteiger partial charge in [0.1, 0.15) is 10.0 Å². The molecule has 1 saturated carbocycles. The van der Waals surface area contributed by atoms with Gasteiger partial charge >= 0.3 is 0 Å². The van der Waals surface area contributed by atoms with Crippen LogP contribution >= 0.6 is 27.5 Å². The standard InChI is InChI=1S/C10H12BrClN2O2S/c1-2-6-3-8(6)14-17(15,16)9-4-7(11)5-13-10(9)12/h4-6,8,14H,2-3H2,1H3. The number of hydrogen-bond donors (Lipinski definition) is 1. The molecule has 2 rings (SSSR count). The highest BCUT2D eigenvalue weighted by Crippen LogP contribution is 2.35. The first-order valence-electron chi connectivity index (χ1n) is 5.27. The fourth-order valence-electron chi connectivity index (χ4n) is 1.70. The van der Waals surface area contributed by atoms with Crippen molar-refractivity contribution in [2.45, 2.75) is 30.7 Å². The van der Waals surface area contributed by atoms with E-state index in [-0.39, 0.29) is 16.1 Å². The Kier molecular flexibility index (Phi) is 3.77. The lowest BCUT2D eigenvalue weighted by Gasteiger charge is -2.07. The molecule has 0 aromatic carbocycles. The quantitative estimate of drug-likeness (QED) is 0.858. The summed E-state index contributed by atoms with van der Waals surface area (Å²) in [7, 11) is -3.57. The highest BCUT2D eigenvalue weighted by molar-refractivity contribution is 9.10. The Bertz CT molecular complexity index is 535. The largest absolute Gasteiger partial charge is 0.243 e. The lowest BCUT2D eigenvalue weighted by atomic mass is 10.3. The van der Waals surface area contributed by atoms with Crippen molar-refractivity contribution in [1.29, 1.82) is 0 Å². The summed E-state index contributed by atoms with van der Waals surface area (Å²) in [4.78, 5) is 3.83. The fraction of sp³-hybridized carbons (Fsp3) is 0.500. The Morgan fingerprint density at radius 1 is 1.65 bits per heavy atom. The summed E-state index contributed by atoms with van der Waals surface area (Å²) in [5.74, 6) is 0.448. The minimum absolute atomic E-state index is 0.00519. The van der Waals surface area contributed by atoms with E-state index in [1.54, 1.807) is 0 Å². The Morgan fingerprint density at radius 3 is 2.94 bits per heavy atom. The molecule has 0 saturated heterocycles. The van der Waals surface area contributed by atoms with Crippen LogP contribution in [0.2, 0.25) is 5.15 Å². The van der Waals surface area contributed by atoms with E-state index >= 15 is 0 Å². The van der Waals surface area contributed by atoms with Gasteiger partial charge < -0.3 is 0 Å². The third kappa shape index (κ3) is 2.99. The van der Waals surface area contributed by atoms with Crippen LogP contribution in [0.5, 0.6) is 0 Å². The SMILES string of the molecule is CCC1CC1NS(=O)(=O)c1cc(Br)cnc1Cl. The van der Waals surface area contributed by atoms with Gasteiger partial charge in [0, 0.05) is 16.7 Å². The Hall–Kier alpha value is -0.170. The summed E-state index contributed by atoms with van der Waals surface area (Å²) in [5, 5.41) is -0.00519. The van der Waals surface area contributed by atoms with Crippen LogP contribution in [-0.2, 0) is 10.0 Å². The van der Waals surface area contributed by atoms with Crippen LogP contribution in [0.25, 0.3) is 0 Å². The second kappa shape index (κ2) is 4.84. The van der Waals surface area contributed by atoms with Crippen molar-refractivity contribution < 1.29 is 8.42 Å². The first kappa shape index (κ1) is 13.3. The van der Waals surface area contributed by atoms with Crippen LogP contribution in [0.1, 0.15) is 19.8 Å². The van der Waals surface area contributed by atoms with Gasteiger partial charge in [-0.2, -0.15) is 0 Å². The summed E-state index contributed by atoms with van der Waals surface area (Å²) in [5.41, 5.74) is 0. The lowest BCUT2D eigenvalue weighted by molar-refractivity contribution is 0.575. The molecule has 1 aliphatic rings. The minimum atomic E-state index is -3.57. The van der Waals surface area contributed by atoms with Gasteiger partial charge in [0.05, 0.1) is 0 Å². The summed E-state index contributed by atoms with van der Waals surface area (Å²) in [6.45, 7) is 2.05. The minimum Gasteiger partial charge on any atom is -0.242 e. The maximum atomic E-state index is 12.1. The molecule has 17 heavy (non-hydrogen) atoms. The highest BCUT2D eigenvalue weighted by Gasteiger charge is 2.39. The first-order valence-corrected chi connectivity index (χ1v) is 7.93. The third-order valence-electron chi connectivity index (χ3n) is 2.82. The van der Waals surface area contributed by atoms with Gasteiger partial charge in [-0.1, -0.05) is 24.9 Å². The van der Waals surface area contributed by atoms with Crippen LogP contribution < -0.4 is 4.72 Å². The van der Waals surface area contributed by atoms with Crippen LogP contribution in [-0.4, -0.2) is 19.4 Å². The van der Waals surface area contributed by atoms with E-state index in [0.29, 0.717) is 10.4 Å². The molecule has 1 aliphatic carbocycles. The zero-order chi connectivity index (χ0) is 12.6. The molecule has 1 N–H and O–H groups in total. The smallest absolute Gasteiger partial charge is 0.242 e. The molecular formula is C10H12BrClN2O2S. The van der Waals surface area contributed by atoms with Crippen molar-refractivity contribution >= 4 is 37.6 Å². The fourth-order valence-corrected chi connectivity index (χ4v) is 3.96. The number of halogens is 2. The highest BCUT2D eigenvalue weighted by atomic mass is 79.9. The van der Waals surface area contributed by atoms with Gasteiger partial charge in [-0.15, -0.1) is 0 Å². The van der Waals surface area contributed by atoms with Crippen molar-refractivity contribution in [3.8, 4) is 0 Å². The second-order valence-corrected chi connectivity index (χ2v) is 7.03. The molecule has 0 spiro atoms. The molecule has 4 nitrogen and oxygen atoms in total. The molecular weight excluding hydrogens is 328 g/mol. The number of pyridine rings is 1. The van der Waals surface area contributed by atoms with E-state index in [1.807, 2.05) is 6.92 Å². The van der Waals surface area contributed by atoms with E-state index in [1.165, 1.54) is 12.3 Å². The summed E-state index contributed by atoms with van der Waals surface area (Å²) in [6, 6.07) is 1.50. The number of aromatic nitrogens is 1. The van der Waals surface area contributed by atoms with Gasteiger partial charge in [-0.05, 0) is 34.3 Å². The van der Waals surface area contributed by atoms with Crippen LogP contribution in [0, 0.1) is 5.92 Å². The van der Waals surface area contributed by atoms with Crippen LogP contribution in [0.3, 0.4) is 0 Å². The number of nitrogens with zero attached hydrogens (tertiary/aromatic N) is 1. The Balaban J connectivity index is 2.23. The Morgan fingerprint density at radius 2 is 2.35 bits per heavy atom. The van der Waals surface area contributed by atoms with Crippen LogP contribution in [0.15, 0.2) is 21.6 Å². The average molecular weight is 340 g/mol. The molecule has 7 heteroatoms. The third-order valence-corrected chi connectivity index (χ3v) is 5.17. The van der Waals surface area contributed by atoms with Gasteiger partial charge in [-0.25, -0.2) is 18.1 Å². The average Bonchev–Trinajstić information content (AvgIpc) is 2.99. The van der Waals surface area contributed by atoms with Gasteiger partial charge in [0.15, 0.2) is 0 Å². The number of rotatable bonds is 4. The predicted molar refractivity (Wildman–Crippen MR) is 69.5 cm³/mol. The van der Waals surface area contributed by atoms with E-state index < -0.39 is 10.0 Å². The van der Waals surface area contributed by atoms with Crippen molar-refractivity contribution in [2.75, 3.05) is 0 Å². The monoisotopic (exact) mass is 338 g/mol. The van der Waals surface area contributed by atoms with Crippen molar-refractivity contribution in [3.63, 3.8) is 0 Å². The topological polar surface area (TPSA) is 59.1 Å². The summed E-state index contributed by atoms with van der Waals surface area (Å²) in [6.07, 6.45) is 3.35. The van der Waals surface area contributed by atoms with Crippen LogP contribution in [0.4, 0.5) is 0 Å². The lowest BCUT2D eigenvalue weighted by Crippen LogP contribution is -2.27. The summed E-state index contributed by atoms with van der Waals surface area (Å²) >= 11 is 8.99. The molecule has 1 aromatic rings. The van der Waals surface area contributed by atoms with Gasteiger partial charge in [0.25, 0.3) is 0 Å². The molecule has 0 aliphatic heterocycles. The van der Waals surface area contributed by atoms with E-state index in [0.717, 1.165) is 12.8 Å². The molecule has 2 unspecified atom stereocenters. The summed E-state index contributed by atoms with van der Waals surface area (Å²) < 4.78 is 27.4. The number of hydrogen-bond acceptors (Lipinski definition) is 3. The van der Waals surface area contributed by atoms with Gasteiger partial charge in [0.2, 0.25) is 10.0 Å². The first-order chi connectivity index (χ1) is 7.94. The molecule has 0 amide bonds. The molecule has 2 atom stereocenters. The van der Waals surface area contributed by atoms with Crippen molar-refractivity contribution in [2.24, 2.45) is 5.92 Å². The normalized spacial score (nSPS) is 23.7. The molecule has 1 heterocycles. The number of nitrogens with one attached hydrogen (secondary N) is 1. The second-order valence-electron chi connectivity index (χ2n) is 4.07. The maximum Gasteiger partial charge on any atom is 0.243 e. The van der Waals surface area contributed by atoms with E-state index in [9.17, 15) is 8.42 Å². The molecule has 0 bridgehead atoms. The molecule has 1 fully saturated rings. The van der Waals surface area contributed by atoms with Crippen molar-refractivity contribution in [1.82, 2.24) is 9.71 Å².